The molecule has 6 nitrogen and oxygen atoms in total. The van der Waals surface area contributed by atoms with E-state index in [9.17, 15) is 14.7 Å². The van der Waals surface area contributed by atoms with Crippen molar-refractivity contribution < 1.29 is 24.2 Å². The van der Waals surface area contributed by atoms with Gasteiger partial charge in [0.25, 0.3) is 11.7 Å². The Balaban J connectivity index is 1.84. The number of aliphatic hydroxyl groups is 1. The van der Waals surface area contributed by atoms with E-state index in [1.807, 2.05) is 30.3 Å². The zero-order valence-electron chi connectivity index (χ0n) is 18.8. The largest absolute Gasteiger partial charge is 0.507 e. The van der Waals surface area contributed by atoms with Crippen LogP contribution in [0.1, 0.15) is 22.7 Å². The highest BCUT2D eigenvalue weighted by atomic mass is 79.9. The van der Waals surface area contributed by atoms with Crippen LogP contribution < -0.4 is 9.47 Å². The van der Waals surface area contributed by atoms with Gasteiger partial charge >= 0.3 is 0 Å². The van der Waals surface area contributed by atoms with Crippen LogP contribution in [0.3, 0.4) is 0 Å². The first-order chi connectivity index (χ1) is 16.4. The molecule has 174 valence electrons. The number of methoxy groups -OCH3 is 2. The lowest BCUT2D eigenvalue weighted by atomic mass is 9.94. The fraction of sp³-hybridized carbons (Fsp3) is 0.185. The molecule has 1 aliphatic rings. The number of rotatable bonds is 7. The van der Waals surface area contributed by atoms with E-state index in [4.69, 9.17) is 9.47 Å². The number of hydrogen-bond donors (Lipinski definition) is 1. The van der Waals surface area contributed by atoms with Gasteiger partial charge in [-0.05, 0) is 36.2 Å². The molecule has 0 saturated carbocycles. The summed E-state index contributed by atoms with van der Waals surface area (Å²) in [5.74, 6) is -0.572. The van der Waals surface area contributed by atoms with Crippen LogP contribution in [-0.2, 0) is 16.0 Å². The summed E-state index contributed by atoms with van der Waals surface area (Å²) in [6, 6.07) is 21.1. The summed E-state index contributed by atoms with van der Waals surface area (Å²) in [6.07, 6.45) is 0.557. The number of carbonyl (C=O) groups excluding carboxylic acids is 2. The maximum absolute atomic E-state index is 13.2. The Morgan fingerprint density at radius 2 is 1.68 bits per heavy atom. The van der Waals surface area contributed by atoms with Gasteiger partial charge in [0.1, 0.15) is 17.3 Å². The van der Waals surface area contributed by atoms with E-state index in [2.05, 4.69) is 15.9 Å². The van der Waals surface area contributed by atoms with Gasteiger partial charge in [0.05, 0.1) is 25.8 Å². The molecule has 3 aromatic rings. The number of amides is 1. The van der Waals surface area contributed by atoms with Gasteiger partial charge in [-0.25, -0.2) is 0 Å². The van der Waals surface area contributed by atoms with Gasteiger partial charge in [-0.3, -0.25) is 9.59 Å². The number of likely N-dealkylation sites (tertiary alicyclic amines) is 1. The number of hydrogen-bond acceptors (Lipinski definition) is 5. The van der Waals surface area contributed by atoms with Crippen LogP contribution in [0.4, 0.5) is 0 Å². The fourth-order valence-corrected chi connectivity index (χ4v) is 4.40. The molecule has 3 aromatic carbocycles. The second kappa shape index (κ2) is 10.1. The lowest BCUT2D eigenvalue weighted by Gasteiger charge is -2.27. The van der Waals surface area contributed by atoms with Crippen molar-refractivity contribution in [1.29, 1.82) is 0 Å². The SMILES string of the molecule is COc1ccc([C@H]2C(=C(O)c3ccc(Br)cc3)C(=O)C(=O)N2CCc2ccccc2)c(OC)c1. The van der Waals surface area contributed by atoms with Crippen molar-refractivity contribution in [3.63, 3.8) is 0 Å². The molecule has 0 aliphatic carbocycles. The quantitative estimate of drug-likeness (QED) is 0.265. The Morgan fingerprint density at radius 3 is 2.32 bits per heavy atom. The van der Waals surface area contributed by atoms with Gasteiger partial charge < -0.3 is 19.5 Å². The molecule has 1 amide bonds. The van der Waals surface area contributed by atoms with Gasteiger partial charge in [0.15, 0.2) is 0 Å². The van der Waals surface area contributed by atoms with Crippen LogP contribution in [0.5, 0.6) is 11.5 Å². The summed E-state index contributed by atoms with van der Waals surface area (Å²) in [7, 11) is 3.07. The number of benzene rings is 3. The maximum atomic E-state index is 13.2. The van der Waals surface area contributed by atoms with Gasteiger partial charge in [-0.15, -0.1) is 0 Å². The van der Waals surface area contributed by atoms with Crippen molar-refractivity contribution in [3.8, 4) is 11.5 Å². The second-order valence-corrected chi connectivity index (χ2v) is 8.76. The molecule has 1 N–H and O–H groups in total. The third kappa shape index (κ3) is 4.56. The average molecular weight is 522 g/mol. The van der Waals surface area contributed by atoms with Crippen molar-refractivity contribution in [1.82, 2.24) is 4.90 Å². The molecule has 1 aliphatic heterocycles. The molecule has 0 bridgehead atoms. The summed E-state index contributed by atoms with van der Waals surface area (Å²) in [5, 5.41) is 11.2. The van der Waals surface area contributed by atoms with Crippen LogP contribution in [0.25, 0.3) is 5.76 Å². The average Bonchev–Trinajstić information content (AvgIpc) is 3.12. The third-order valence-corrected chi connectivity index (χ3v) is 6.41. The van der Waals surface area contributed by atoms with Crippen molar-refractivity contribution in [3.05, 3.63) is 99.5 Å². The molecule has 0 aromatic heterocycles. The van der Waals surface area contributed by atoms with Gasteiger partial charge in [-0.1, -0.05) is 58.4 Å². The zero-order chi connectivity index (χ0) is 24.2. The molecule has 0 spiro atoms. The topological polar surface area (TPSA) is 76.1 Å². The molecule has 1 atom stereocenters. The van der Waals surface area contributed by atoms with Crippen molar-refractivity contribution in [2.45, 2.75) is 12.5 Å². The molecule has 1 fully saturated rings. The molecule has 1 heterocycles. The minimum absolute atomic E-state index is 0.0313. The molecule has 4 rings (SSSR count). The van der Waals surface area contributed by atoms with E-state index in [0.717, 1.165) is 10.0 Å². The first-order valence-corrected chi connectivity index (χ1v) is 11.5. The Bertz CT molecular complexity index is 1240. The van der Waals surface area contributed by atoms with E-state index in [1.54, 1.807) is 49.6 Å². The Hall–Kier alpha value is -3.58. The minimum Gasteiger partial charge on any atom is -0.507 e. The van der Waals surface area contributed by atoms with Gasteiger partial charge in [0, 0.05) is 28.2 Å². The molecule has 34 heavy (non-hydrogen) atoms. The predicted octanol–water partition coefficient (Wildman–Crippen LogP) is 5.13. The Labute approximate surface area is 206 Å². The first-order valence-electron chi connectivity index (χ1n) is 10.7. The first kappa shape index (κ1) is 23.6. The minimum atomic E-state index is -0.812. The van der Waals surface area contributed by atoms with Crippen LogP contribution in [-0.4, -0.2) is 42.5 Å². The monoisotopic (exact) mass is 521 g/mol. The van der Waals surface area contributed by atoms with Crippen molar-refractivity contribution >= 4 is 33.4 Å². The third-order valence-electron chi connectivity index (χ3n) is 5.88. The van der Waals surface area contributed by atoms with Gasteiger partial charge in [-0.2, -0.15) is 0 Å². The van der Waals surface area contributed by atoms with E-state index >= 15 is 0 Å². The lowest BCUT2D eigenvalue weighted by molar-refractivity contribution is -0.139. The number of aliphatic hydroxyl groups excluding tert-OH is 1. The summed E-state index contributed by atoms with van der Waals surface area (Å²) < 4.78 is 11.7. The zero-order valence-corrected chi connectivity index (χ0v) is 20.4. The van der Waals surface area contributed by atoms with Crippen molar-refractivity contribution in [2.24, 2.45) is 0 Å². The van der Waals surface area contributed by atoms with Gasteiger partial charge in [0.2, 0.25) is 0 Å². The lowest BCUT2D eigenvalue weighted by Crippen LogP contribution is -2.31. The van der Waals surface area contributed by atoms with E-state index in [0.29, 0.717) is 35.6 Å². The second-order valence-electron chi connectivity index (χ2n) is 7.84. The van der Waals surface area contributed by atoms with E-state index in [1.165, 1.54) is 12.0 Å². The fourth-order valence-electron chi connectivity index (χ4n) is 4.14. The summed E-state index contributed by atoms with van der Waals surface area (Å²) in [5.41, 5.74) is 2.11. The van der Waals surface area contributed by atoms with Crippen LogP contribution in [0, 0.1) is 0 Å². The van der Waals surface area contributed by atoms with E-state index in [-0.39, 0.29) is 11.3 Å². The Morgan fingerprint density at radius 1 is 0.971 bits per heavy atom. The highest BCUT2D eigenvalue weighted by Crippen LogP contribution is 2.43. The number of Topliss-reactive ketones (excluding diaryl/α,β-unsaturated/α-hetero) is 1. The predicted molar refractivity (Wildman–Crippen MR) is 133 cm³/mol. The number of halogens is 1. The number of ketones is 1. The van der Waals surface area contributed by atoms with E-state index < -0.39 is 17.7 Å². The smallest absolute Gasteiger partial charge is 0.295 e. The number of carbonyl (C=O) groups is 2. The molecule has 7 heteroatoms. The molecule has 1 saturated heterocycles. The van der Waals surface area contributed by atoms with Crippen LogP contribution in [0.15, 0.2) is 82.8 Å². The standard InChI is InChI=1S/C27H24BrNO5/c1-33-20-12-13-21(22(16-20)34-2)24-23(25(30)18-8-10-19(28)11-9-18)26(31)27(32)29(24)15-14-17-6-4-3-5-7-17/h3-13,16,24,30H,14-15H2,1-2H3/t24-/m0/s1. The van der Waals surface area contributed by atoms with Crippen molar-refractivity contribution in [2.75, 3.05) is 20.8 Å². The molecular weight excluding hydrogens is 498 g/mol. The number of ether oxygens (including phenoxy) is 2. The maximum Gasteiger partial charge on any atom is 0.295 e. The normalized spacial score (nSPS) is 17.1. The molecule has 0 unspecified atom stereocenters. The number of nitrogens with zero attached hydrogens (tertiary/aromatic N) is 1. The highest BCUT2D eigenvalue weighted by Gasteiger charge is 2.46. The van der Waals surface area contributed by atoms with Crippen LogP contribution in [0.2, 0.25) is 0 Å². The summed E-state index contributed by atoms with van der Waals surface area (Å²) in [4.78, 5) is 27.9. The summed E-state index contributed by atoms with van der Waals surface area (Å²) in [6.45, 7) is 0.297. The molecule has 0 radical (unpaired) electrons. The van der Waals surface area contributed by atoms with Crippen LogP contribution >= 0.6 is 15.9 Å². The summed E-state index contributed by atoms with van der Waals surface area (Å²) >= 11 is 3.38. The Kier molecular flexibility index (Phi) is 7.03. The highest BCUT2D eigenvalue weighted by molar-refractivity contribution is 9.10. The molecular formula is C27H24BrNO5.